The zero-order valence-electron chi connectivity index (χ0n) is 19.1. The van der Waals surface area contributed by atoms with Crippen molar-refractivity contribution in [2.24, 2.45) is 0 Å². The molecule has 3 heterocycles. The second-order valence-electron chi connectivity index (χ2n) is 8.05. The molecule has 0 fully saturated rings. The summed E-state index contributed by atoms with van der Waals surface area (Å²) in [6, 6.07) is 6.27. The SMILES string of the molecule is COc1ccc(C)cc1-c1nn(CC(O)(C(F)(F)F)C(F)(F)F)cc1NC(=O)c1cnn2cccnc12. The minimum Gasteiger partial charge on any atom is -0.496 e. The van der Waals surface area contributed by atoms with E-state index in [1.807, 2.05) is 0 Å². The Labute approximate surface area is 204 Å². The van der Waals surface area contributed by atoms with Crippen LogP contribution in [0, 0.1) is 6.92 Å². The van der Waals surface area contributed by atoms with Gasteiger partial charge in [-0.3, -0.25) is 9.48 Å². The van der Waals surface area contributed by atoms with Gasteiger partial charge in [0, 0.05) is 24.2 Å². The zero-order chi connectivity index (χ0) is 27.2. The van der Waals surface area contributed by atoms with Gasteiger partial charge in [0.05, 0.1) is 25.5 Å². The number of fused-ring (bicyclic) bond motifs is 1. The second-order valence-corrected chi connectivity index (χ2v) is 8.05. The van der Waals surface area contributed by atoms with Crippen LogP contribution < -0.4 is 10.1 Å². The number of methoxy groups -OCH3 is 1. The van der Waals surface area contributed by atoms with Crippen molar-refractivity contribution in [3.63, 3.8) is 0 Å². The number of aryl methyl sites for hydroxylation is 1. The maximum absolute atomic E-state index is 13.3. The van der Waals surface area contributed by atoms with Gasteiger partial charge in [0.2, 0.25) is 0 Å². The van der Waals surface area contributed by atoms with E-state index in [9.17, 15) is 36.2 Å². The number of amides is 1. The van der Waals surface area contributed by atoms with Crippen molar-refractivity contribution in [3.8, 4) is 17.0 Å². The molecule has 3 aromatic heterocycles. The van der Waals surface area contributed by atoms with Crippen LogP contribution in [-0.2, 0) is 6.54 Å². The molecule has 0 aliphatic carbocycles. The summed E-state index contributed by atoms with van der Waals surface area (Å²) in [6.45, 7) is -0.329. The molecular weight excluding hydrogens is 510 g/mol. The minimum atomic E-state index is -6.06. The smallest absolute Gasteiger partial charge is 0.428 e. The average molecular weight is 528 g/mol. The summed E-state index contributed by atoms with van der Waals surface area (Å²) >= 11 is 0. The summed E-state index contributed by atoms with van der Waals surface area (Å²) in [5.74, 6) is -0.617. The Morgan fingerprint density at radius 3 is 2.51 bits per heavy atom. The van der Waals surface area contributed by atoms with Crippen molar-refractivity contribution in [1.82, 2.24) is 24.4 Å². The van der Waals surface area contributed by atoms with Crippen molar-refractivity contribution < 1.29 is 41.0 Å². The number of carbonyl (C=O) groups excluding carboxylic acids is 1. The zero-order valence-corrected chi connectivity index (χ0v) is 19.1. The lowest BCUT2D eigenvalue weighted by atomic mass is 10.0. The van der Waals surface area contributed by atoms with Crippen LogP contribution in [0.1, 0.15) is 15.9 Å². The first kappa shape index (κ1) is 25.9. The summed E-state index contributed by atoms with van der Waals surface area (Å²) < 4.78 is 86.7. The number of halogens is 6. The quantitative estimate of drug-likeness (QED) is 0.367. The summed E-state index contributed by atoms with van der Waals surface area (Å²) in [5, 5.41) is 19.9. The van der Waals surface area contributed by atoms with Crippen molar-refractivity contribution >= 4 is 17.2 Å². The molecule has 0 unspecified atom stereocenters. The number of nitrogens with one attached hydrogen (secondary N) is 1. The topological polar surface area (TPSA) is 107 Å². The fourth-order valence-electron chi connectivity index (χ4n) is 3.55. The van der Waals surface area contributed by atoms with Gasteiger partial charge in [-0.1, -0.05) is 11.6 Å². The molecule has 15 heteroatoms. The molecule has 196 valence electrons. The molecule has 1 aromatic carbocycles. The largest absolute Gasteiger partial charge is 0.496 e. The molecular formula is C22H18F6N6O3. The van der Waals surface area contributed by atoms with Crippen LogP contribution in [0.15, 0.2) is 49.1 Å². The Balaban J connectivity index is 1.82. The lowest BCUT2D eigenvalue weighted by Gasteiger charge is -2.32. The first-order valence-corrected chi connectivity index (χ1v) is 10.4. The van der Waals surface area contributed by atoms with Crippen molar-refractivity contribution in [2.45, 2.75) is 31.4 Å². The summed E-state index contributed by atoms with van der Waals surface area (Å²) in [4.78, 5) is 17.1. The number of alkyl halides is 6. The maximum Gasteiger partial charge on any atom is 0.428 e. The highest BCUT2D eigenvalue weighted by molar-refractivity contribution is 6.09. The number of aromatic nitrogens is 5. The highest BCUT2D eigenvalue weighted by atomic mass is 19.4. The maximum atomic E-state index is 13.3. The monoisotopic (exact) mass is 528 g/mol. The Morgan fingerprint density at radius 2 is 1.86 bits per heavy atom. The molecule has 0 saturated carbocycles. The van der Waals surface area contributed by atoms with Crippen LogP contribution >= 0.6 is 0 Å². The average Bonchev–Trinajstić information content (AvgIpc) is 3.41. The fourth-order valence-corrected chi connectivity index (χ4v) is 3.55. The van der Waals surface area contributed by atoms with Gasteiger partial charge in [-0.05, 0) is 25.1 Å². The summed E-state index contributed by atoms with van der Waals surface area (Å²) in [5.41, 5.74) is -4.55. The molecule has 4 aromatic rings. The Morgan fingerprint density at radius 1 is 1.16 bits per heavy atom. The molecule has 2 N–H and O–H groups in total. The van der Waals surface area contributed by atoms with Crippen LogP contribution in [0.2, 0.25) is 0 Å². The summed E-state index contributed by atoms with van der Waals surface area (Å²) in [6.07, 6.45) is -7.24. The molecule has 0 aliphatic rings. The molecule has 0 radical (unpaired) electrons. The number of benzene rings is 1. The summed E-state index contributed by atoms with van der Waals surface area (Å²) in [7, 11) is 1.31. The van der Waals surface area contributed by atoms with Gasteiger partial charge < -0.3 is 15.2 Å². The van der Waals surface area contributed by atoms with E-state index in [1.165, 1.54) is 42.3 Å². The molecule has 0 saturated heterocycles. The van der Waals surface area contributed by atoms with Gasteiger partial charge in [0.15, 0.2) is 5.65 Å². The molecule has 9 nitrogen and oxygen atoms in total. The predicted octanol–water partition coefficient (Wildman–Crippen LogP) is 4.02. The Hall–Kier alpha value is -4.14. The highest BCUT2D eigenvalue weighted by Crippen LogP contribution is 2.44. The number of nitrogens with zero attached hydrogens (tertiary/aromatic N) is 5. The molecule has 0 spiro atoms. The first-order valence-electron chi connectivity index (χ1n) is 10.4. The van der Waals surface area contributed by atoms with Crippen LogP contribution in [-0.4, -0.2) is 60.5 Å². The number of ether oxygens (including phenoxy) is 1. The van der Waals surface area contributed by atoms with Gasteiger partial charge in [-0.2, -0.15) is 36.5 Å². The minimum absolute atomic E-state index is 0.0161. The second kappa shape index (κ2) is 9.06. The molecule has 0 aliphatic heterocycles. The predicted molar refractivity (Wildman–Crippen MR) is 117 cm³/mol. The third kappa shape index (κ3) is 4.69. The van der Waals surface area contributed by atoms with Crippen molar-refractivity contribution in [3.05, 3.63) is 60.2 Å². The third-order valence-corrected chi connectivity index (χ3v) is 5.47. The third-order valence-electron chi connectivity index (χ3n) is 5.47. The lowest BCUT2D eigenvalue weighted by Crippen LogP contribution is -2.59. The normalized spacial score (nSPS) is 12.7. The number of hydrogen-bond donors (Lipinski definition) is 2. The van der Waals surface area contributed by atoms with Gasteiger partial charge in [-0.15, -0.1) is 0 Å². The number of hydrogen-bond acceptors (Lipinski definition) is 6. The van der Waals surface area contributed by atoms with Gasteiger partial charge in [0.25, 0.3) is 11.5 Å². The van der Waals surface area contributed by atoms with Gasteiger partial charge in [0.1, 0.15) is 17.0 Å². The van der Waals surface area contributed by atoms with Crippen molar-refractivity contribution in [1.29, 1.82) is 0 Å². The highest BCUT2D eigenvalue weighted by Gasteiger charge is 2.70. The number of carbonyl (C=O) groups is 1. The van der Waals surface area contributed by atoms with E-state index in [4.69, 9.17) is 4.74 Å². The van der Waals surface area contributed by atoms with E-state index in [2.05, 4.69) is 20.5 Å². The molecule has 0 bridgehead atoms. The van der Waals surface area contributed by atoms with Crippen LogP contribution in [0.4, 0.5) is 32.0 Å². The lowest BCUT2D eigenvalue weighted by molar-refractivity contribution is -0.372. The number of aliphatic hydroxyl groups is 1. The van der Waals surface area contributed by atoms with E-state index >= 15 is 0 Å². The number of anilines is 1. The fraction of sp³-hybridized carbons (Fsp3) is 0.273. The van der Waals surface area contributed by atoms with Gasteiger partial charge in [-0.25, -0.2) is 9.50 Å². The Bertz CT molecular complexity index is 1450. The van der Waals surface area contributed by atoms with Crippen LogP contribution in [0.5, 0.6) is 5.75 Å². The first-order chi connectivity index (χ1) is 17.2. The standard InChI is InChI=1S/C22H18F6N6O3/c1-12-4-5-16(37-2)13(8-12)17-15(31-19(35)14-9-30-34-7-3-6-29-18(14)34)10-33(32-17)11-20(36,21(23,24)25)22(26,27)28/h3-10,36H,11H2,1-2H3,(H,31,35). The Kier molecular flexibility index (Phi) is 6.35. The van der Waals surface area contributed by atoms with Crippen LogP contribution in [0.25, 0.3) is 16.9 Å². The van der Waals surface area contributed by atoms with E-state index in [1.54, 1.807) is 19.1 Å². The van der Waals surface area contributed by atoms with E-state index in [-0.39, 0.29) is 38.6 Å². The van der Waals surface area contributed by atoms with E-state index in [0.717, 1.165) is 6.20 Å². The van der Waals surface area contributed by atoms with Gasteiger partial charge >= 0.3 is 12.4 Å². The van der Waals surface area contributed by atoms with Crippen LogP contribution in [0.3, 0.4) is 0 Å². The molecule has 0 atom stereocenters. The molecule has 37 heavy (non-hydrogen) atoms. The van der Waals surface area contributed by atoms with E-state index < -0.39 is 30.4 Å². The van der Waals surface area contributed by atoms with Crippen molar-refractivity contribution in [2.75, 3.05) is 12.4 Å². The molecule has 1 amide bonds. The molecule has 4 rings (SSSR count). The number of rotatable bonds is 6. The van der Waals surface area contributed by atoms with E-state index in [0.29, 0.717) is 5.56 Å².